The molecule has 0 atom stereocenters. The summed E-state index contributed by atoms with van der Waals surface area (Å²) in [7, 11) is 0. The van der Waals surface area contributed by atoms with Crippen LogP contribution < -0.4 is 9.47 Å². The number of ether oxygens (including phenoxy) is 2. The van der Waals surface area contributed by atoms with E-state index in [2.05, 4.69) is 38.5 Å². The zero-order chi connectivity index (χ0) is 26.6. The molecule has 0 radical (unpaired) electrons. The van der Waals surface area contributed by atoms with Gasteiger partial charge in [0.15, 0.2) is 11.5 Å². The normalized spacial score (nSPS) is 14.5. The molecule has 4 aromatic rings. The molecule has 0 aliphatic carbocycles. The van der Waals surface area contributed by atoms with Gasteiger partial charge in [-0.25, -0.2) is 0 Å². The van der Waals surface area contributed by atoms with E-state index in [0.29, 0.717) is 29.6 Å². The van der Waals surface area contributed by atoms with E-state index < -0.39 is 0 Å². The number of amides is 2. The van der Waals surface area contributed by atoms with Gasteiger partial charge in [-0.1, -0.05) is 70.5 Å². The summed E-state index contributed by atoms with van der Waals surface area (Å²) in [5.74, 6) is 0.950. The van der Waals surface area contributed by atoms with Crippen molar-refractivity contribution in [1.29, 1.82) is 0 Å². The first-order valence-corrected chi connectivity index (χ1v) is 14.7. The minimum absolute atomic E-state index is 0.230. The maximum atomic E-state index is 13.3. The van der Waals surface area contributed by atoms with Gasteiger partial charge < -0.3 is 9.47 Å². The molecule has 1 heterocycles. The van der Waals surface area contributed by atoms with Crippen molar-refractivity contribution in [2.45, 2.75) is 20.1 Å². The second kappa shape index (κ2) is 11.9. The summed E-state index contributed by atoms with van der Waals surface area (Å²) in [6.07, 6.45) is 1.75. The third kappa shape index (κ3) is 5.92. The van der Waals surface area contributed by atoms with Crippen LogP contribution in [0.1, 0.15) is 23.6 Å². The average molecular weight is 700 g/mol. The Kier molecular flexibility index (Phi) is 8.40. The molecule has 0 unspecified atom stereocenters. The summed E-state index contributed by atoms with van der Waals surface area (Å²) in [6, 6.07) is 25.6. The van der Waals surface area contributed by atoms with Gasteiger partial charge in [0.05, 0.1) is 21.6 Å². The van der Waals surface area contributed by atoms with Gasteiger partial charge in [0.25, 0.3) is 11.1 Å². The molecule has 1 fully saturated rings. The zero-order valence-corrected chi connectivity index (χ0v) is 25.0. The average Bonchev–Trinajstić information content (AvgIpc) is 3.17. The van der Waals surface area contributed by atoms with Crippen LogP contribution in [-0.2, 0) is 17.9 Å². The maximum absolute atomic E-state index is 13.3. The highest BCUT2D eigenvalue weighted by Gasteiger charge is 2.35. The van der Waals surface area contributed by atoms with Crippen LogP contribution in [-0.4, -0.2) is 22.7 Å². The summed E-state index contributed by atoms with van der Waals surface area (Å²) < 4.78 is 13.9. The Morgan fingerprint density at radius 1 is 0.974 bits per heavy atom. The molecule has 192 valence electrons. The van der Waals surface area contributed by atoms with Crippen molar-refractivity contribution >= 4 is 78.3 Å². The van der Waals surface area contributed by atoms with E-state index in [1.165, 1.54) is 4.90 Å². The number of carbonyl (C=O) groups excluding carboxylic acids is 2. The minimum atomic E-state index is -0.295. The van der Waals surface area contributed by atoms with Crippen molar-refractivity contribution < 1.29 is 19.1 Å². The smallest absolute Gasteiger partial charge is 0.293 e. The van der Waals surface area contributed by atoms with Crippen LogP contribution in [0.3, 0.4) is 0 Å². The molecule has 1 aliphatic rings. The lowest BCUT2D eigenvalue weighted by molar-refractivity contribution is -0.123. The van der Waals surface area contributed by atoms with Gasteiger partial charge in [-0.05, 0) is 99.1 Å². The number of thioether (sulfide) groups is 1. The fourth-order valence-electron chi connectivity index (χ4n) is 4.20. The summed E-state index contributed by atoms with van der Waals surface area (Å²) in [6.45, 7) is 3.01. The van der Waals surface area contributed by atoms with E-state index in [9.17, 15) is 9.59 Å². The Hall–Kier alpha value is -2.82. The number of fused-ring (bicyclic) bond motifs is 1. The maximum Gasteiger partial charge on any atom is 0.293 e. The third-order valence-electron chi connectivity index (χ3n) is 6.01. The van der Waals surface area contributed by atoms with Gasteiger partial charge in [-0.2, -0.15) is 0 Å². The molecule has 0 bridgehead atoms. The number of hydrogen-bond acceptors (Lipinski definition) is 5. The summed E-state index contributed by atoms with van der Waals surface area (Å²) in [4.78, 5) is 27.8. The summed E-state index contributed by atoms with van der Waals surface area (Å²) in [5.41, 5.74) is 2.74. The summed E-state index contributed by atoms with van der Waals surface area (Å²) >= 11 is 6.62. The predicted molar refractivity (Wildman–Crippen MR) is 164 cm³/mol. The third-order valence-corrected chi connectivity index (χ3v) is 8.25. The number of imide groups is 1. The molecule has 0 spiro atoms. The lowest BCUT2D eigenvalue weighted by Crippen LogP contribution is -2.27. The first kappa shape index (κ1) is 26.8. The Bertz CT molecular complexity index is 1550. The molecule has 38 heavy (non-hydrogen) atoms. The number of rotatable bonds is 8. The van der Waals surface area contributed by atoms with Crippen molar-refractivity contribution in [2.75, 3.05) is 6.61 Å². The van der Waals surface area contributed by atoms with Crippen molar-refractivity contribution in [3.8, 4) is 11.5 Å². The first-order chi connectivity index (χ1) is 18.4. The second-order valence-electron chi connectivity index (χ2n) is 8.58. The quantitative estimate of drug-likeness (QED) is 0.137. The van der Waals surface area contributed by atoms with E-state index >= 15 is 0 Å². The highest BCUT2D eigenvalue weighted by Crippen LogP contribution is 2.38. The van der Waals surface area contributed by atoms with Gasteiger partial charge in [-0.15, -0.1) is 0 Å². The Labute approximate surface area is 247 Å². The SMILES string of the molecule is CCOc1cc(/C=C2/SC(=O)N(Cc3cccc4ccccc34)C2=O)cc(I)c1OCc1ccc(Br)cc1. The van der Waals surface area contributed by atoms with Gasteiger partial charge in [0, 0.05) is 4.47 Å². The van der Waals surface area contributed by atoms with Crippen LogP contribution >= 0.6 is 50.3 Å². The number of halogens is 2. The summed E-state index contributed by atoms with van der Waals surface area (Å²) in [5, 5.41) is 1.84. The van der Waals surface area contributed by atoms with Crippen molar-refractivity contribution in [2.24, 2.45) is 0 Å². The Balaban J connectivity index is 1.38. The molecular weight excluding hydrogens is 677 g/mol. The van der Waals surface area contributed by atoms with Gasteiger partial charge in [0.1, 0.15) is 6.61 Å². The molecule has 1 saturated heterocycles. The fraction of sp³-hybridized carbons (Fsp3) is 0.133. The highest BCUT2D eigenvalue weighted by molar-refractivity contribution is 14.1. The monoisotopic (exact) mass is 699 g/mol. The van der Waals surface area contributed by atoms with Crippen molar-refractivity contribution in [3.05, 3.63) is 109 Å². The predicted octanol–water partition coefficient (Wildman–Crippen LogP) is 8.42. The van der Waals surface area contributed by atoms with Gasteiger partial charge in [0.2, 0.25) is 0 Å². The topological polar surface area (TPSA) is 55.8 Å². The van der Waals surface area contributed by atoms with Crippen molar-refractivity contribution in [1.82, 2.24) is 4.90 Å². The number of hydrogen-bond donors (Lipinski definition) is 0. The highest BCUT2D eigenvalue weighted by atomic mass is 127. The minimum Gasteiger partial charge on any atom is -0.490 e. The second-order valence-corrected chi connectivity index (χ2v) is 11.7. The van der Waals surface area contributed by atoms with Crippen LogP contribution in [0.15, 0.2) is 88.2 Å². The van der Waals surface area contributed by atoms with Gasteiger partial charge in [-0.3, -0.25) is 14.5 Å². The Morgan fingerprint density at radius 2 is 1.74 bits per heavy atom. The lowest BCUT2D eigenvalue weighted by Gasteiger charge is -2.15. The van der Waals surface area contributed by atoms with Gasteiger partial charge >= 0.3 is 0 Å². The molecule has 1 aliphatic heterocycles. The molecular formula is C30H23BrINO4S. The molecule has 0 saturated carbocycles. The van der Waals surface area contributed by atoms with Crippen LogP contribution in [0.25, 0.3) is 16.8 Å². The van der Waals surface area contributed by atoms with E-state index in [1.807, 2.05) is 85.8 Å². The standard InChI is InChI=1S/C30H23BrINO4S/c1-2-36-26-15-20(14-25(32)28(26)37-18-19-10-12-23(31)13-11-19)16-27-29(34)33(30(35)38-27)17-22-8-5-7-21-6-3-4-9-24(21)22/h3-16H,2,17-18H2,1H3/b27-16+. The molecule has 5 rings (SSSR count). The zero-order valence-electron chi connectivity index (χ0n) is 20.4. The molecule has 2 amide bonds. The van der Waals surface area contributed by atoms with Crippen LogP contribution in [0.5, 0.6) is 11.5 Å². The van der Waals surface area contributed by atoms with E-state index in [0.717, 1.165) is 47.3 Å². The molecule has 4 aromatic carbocycles. The molecule has 5 nitrogen and oxygen atoms in total. The molecule has 0 N–H and O–H groups in total. The van der Waals surface area contributed by atoms with E-state index in [1.54, 1.807) is 6.08 Å². The van der Waals surface area contributed by atoms with Crippen LogP contribution in [0.4, 0.5) is 4.79 Å². The first-order valence-electron chi connectivity index (χ1n) is 12.0. The van der Waals surface area contributed by atoms with Crippen LogP contribution in [0.2, 0.25) is 0 Å². The molecule has 8 heteroatoms. The fourth-order valence-corrected chi connectivity index (χ4v) is 6.08. The number of nitrogens with zero attached hydrogens (tertiary/aromatic N) is 1. The number of benzene rings is 4. The van der Waals surface area contributed by atoms with E-state index in [-0.39, 0.29) is 17.7 Å². The number of carbonyl (C=O) groups is 2. The van der Waals surface area contributed by atoms with Crippen LogP contribution in [0, 0.1) is 3.57 Å². The van der Waals surface area contributed by atoms with E-state index in [4.69, 9.17) is 9.47 Å². The Morgan fingerprint density at radius 3 is 2.53 bits per heavy atom. The van der Waals surface area contributed by atoms with Crippen molar-refractivity contribution in [3.63, 3.8) is 0 Å². The largest absolute Gasteiger partial charge is 0.490 e. The lowest BCUT2D eigenvalue weighted by atomic mass is 10.0. The molecule has 0 aromatic heterocycles.